The predicted octanol–water partition coefficient (Wildman–Crippen LogP) is 0.601. The van der Waals surface area contributed by atoms with Crippen molar-refractivity contribution < 1.29 is 4.79 Å². The number of nitrogens with zero attached hydrogens (tertiary/aromatic N) is 2. The van der Waals surface area contributed by atoms with Gasteiger partial charge in [0.1, 0.15) is 5.78 Å². The van der Waals surface area contributed by atoms with Crippen LogP contribution in [0, 0.1) is 5.92 Å². The van der Waals surface area contributed by atoms with Crippen LogP contribution in [-0.4, -0.2) is 54.9 Å². The van der Waals surface area contributed by atoms with E-state index < -0.39 is 0 Å². The van der Waals surface area contributed by atoms with E-state index in [1.807, 2.05) is 0 Å². The molecule has 2 fully saturated rings. The van der Waals surface area contributed by atoms with Gasteiger partial charge in [-0.2, -0.15) is 0 Å². The van der Waals surface area contributed by atoms with E-state index in [0.717, 1.165) is 32.5 Å². The first-order chi connectivity index (χ1) is 6.66. The van der Waals surface area contributed by atoms with Gasteiger partial charge in [0.2, 0.25) is 0 Å². The minimum absolute atomic E-state index is 0.421. The smallest absolute Gasteiger partial charge is 0.149 e. The maximum Gasteiger partial charge on any atom is 0.149 e. The Labute approximate surface area is 86.1 Å². The van der Waals surface area contributed by atoms with Gasteiger partial charge in [0, 0.05) is 31.6 Å². The van der Waals surface area contributed by atoms with E-state index in [1.165, 1.54) is 0 Å². The minimum Gasteiger partial charge on any atom is -0.301 e. The third-order valence-corrected chi connectivity index (χ3v) is 3.46. The molecule has 0 aromatic rings. The van der Waals surface area contributed by atoms with Crippen LogP contribution in [0.15, 0.2) is 0 Å². The van der Waals surface area contributed by atoms with E-state index in [2.05, 4.69) is 23.8 Å². The highest BCUT2D eigenvalue weighted by atomic mass is 16.1. The molecule has 1 unspecified atom stereocenters. The molecular weight excluding hydrogens is 176 g/mol. The number of likely N-dealkylation sites (N-methyl/N-ethyl adjacent to an activating group) is 1. The maximum atomic E-state index is 11.6. The summed E-state index contributed by atoms with van der Waals surface area (Å²) in [6.45, 7) is 6.13. The quantitative estimate of drug-likeness (QED) is 0.660. The number of ketones is 1. The Kier molecular flexibility index (Phi) is 2.88. The minimum atomic E-state index is 0.421. The summed E-state index contributed by atoms with van der Waals surface area (Å²) in [5.74, 6) is 0.895. The van der Waals surface area contributed by atoms with Crippen LogP contribution >= 0.6 is 0 Å². The van der Waals surface area contributed by atoms with Gasteiger partial charge in [-0.15, -0.1) is 0 Å². The molecule has 2 rings (SSSR count). The van der Waals surface area contributed by atoms with E-state index in [0.29, 0.717) is 24.3 Å². The van der Waals surface area contributed by atoms with Crippen molar-refractivity contribution in [2.24, 2.45) is 5.92 Å². The van der Waals surface area contributed by atoms with Gasteiger partial charge in [-0.05, 0) is 26.8 Å². The lowest BCUT2D eigenvalue weighted by molar-refractivity contribution is -0.122. The highest BCUT2D eigenvalue weighted by Crippen LogP contribution is 2.30. The maximum absolute atomic E-state index is 11.6. The Bertz CT molecular complexity index is 225. The number of piperazine rings is 1. The molecule has 1 saturated heterocycles. The fraction of sp³-hybridized carbons (Fsp3) is 0.909. The van der Waals surface area contributed by atoms with Gasteiger partial charge >= 0.3 is 0 Å². The average molecular weight is 196 g/mol. The fourth-order valence-electron chi connectivity index (χ4n) is 2.02. The van der Waals surface area contributed by atoms with Crippen molar-refractivity contribution in [2.75, 3.05) is 33.2 Å². The van der Waals surface area contributed by atoms with Crippen molar-refractivity contribution >= 4 is 5.78 Å². The Morgan fingerprint density at radius 2 is 2.07 bits per heavy atom. The van der Waals surface area contributed by atoms with Crippen LogP contribution in [0.1, 0.15) is 19.8 Å². The zero-order chi connectivity index (χ0) is 10.1. The number of carbonyl (C=O) groups is 1. The van der Waals surface area contributed by atoms with Crippen molar-refractivity contribution in [1.82, 2.24) is 9.80 Å². The zero-order valence-corrected chi connectivity index (χ0v) is 9.20. The molecule has 1 atom stereocenters. The molecule has 0 aromatic heterocycles. The number of hydrogen-bond donors (Lipinski definition) is 0. The first-order valence-corrected chi connectivity index (χ1v) is 5.62. The van der Waals surface area contributed by atoms with Crippen molar-refractivity contribution in [3.8, 4) is 0 Å². The monoisotopic (exact) mass is 196 g/mol. The molecule has 0 N–H and O–H groups in total. The number of rotatable bonds is 3. The number of hydrogen-bond acceptors (Lipinski definition) is 3. The lowest BCUT2D eigenvalue weighted by Crippen LogP contribution is -2.51. The Hall–Kier alpha value is -0.410. The highest BCUT2D eigenvalue weighted by molar-refractivity contribution is 5.85. The third kappa shape index (κ3) is 2.34. The molecule has 0 bridgehead atoms. The van der Waals surface area contributed by atoms with Gasteiger partial charge in [-0.25, -0.2) is 0 Å². The molecule has 3 heteroatoms. The van der Waals surface area contributed by atoms with E-state index in [1.54, 1.807) is 0 Å². The normalized spacial score (nSPS) is 30.6. The molecule has 1 aliphatic heterocycles. The lowest BCUT2D eigenvalue weighted by Gasteiger charge is -2.37. The molecule has 14 heavy (non-hydrogen) atoms. The molecular formula is C11H20N2O. The molecule has 3 nitrogen and oxygen atoms in total. The summed E-state index contributed by atoms with van der Waals surface area (Å²) in [5, 5.41) is 0. The molecule has 0 aromatic carbocycles. The molecule has 1 saturated carbocycles. The lowest BCUT2D eigenvalue weighted by atomic mass is 10.1. The largest absolute Gasteiger partial charge is 0.301 e. The second-order valence-corrected chi connectivity index (χ2v) is 4.81. The van der Waals surface area contributed by atoms with Crippen molar-refractivity contribution in [1.29, 1.82) is 0 Å². The molecule has 1 aliphatic carbocycles. The van der Waals surface area contributed by atoms with Crippen LogP contribution in [0.4, 0.5) is 0 Å². The van der Waals surface area contributed by atoms with Gasteiger partial charge in [0.25, 0.3) is 0 Å². The molecule has 0 radical (unpaired) electrons. The Balaban J connectivity index is 1.78. The van der Waals surface area contributed by atoms with E-state index >= 15 is 0 Å². The fourth-order valence-corrected chi connectivity index (χ4v) is 2.02. The predicted molar refractivity (Wildman–Crippen MR) is 56.3 cm³/mol. The van der Waals surface area contributed by atoms with Crippen LogP contribution in [0.5, 0.6) is 0 Å². The van der Waals surface area contributed by atoms with Crippen LogP contribution < -0.4 is 0 Å². The standard InChI is InChI=1S/C11H20N2O/c1-9-7-13(6-5-12(9)2)8-11(14)10-3-4-10/h9-10H,3-8H2,1-2H3. The SMILES string of the molecule is CC1CN(CC(=O)C2CC2)CCN1C. The second kappa shape index (κ2) is 3.99. The topological polar surface area (TPSA) is 23.6 Å². The van der Waals surface area contributed by atoms with Crippen LogP contribution in [0.2, 0.25) is 0 Å². The Morgan fingerprint density at radius 1 is 1.36 bits per heavy atom. The summed E-state index contributed by atoms with van der Waals surface area (Å²) in [6.07, 6.45) is 2.28. The molecule has 0 amide bonds. The Morgan fingerprint density at radius 3 is 2.64 bits per heavy atom. The number of carbonyl (C=O) groups excluding carboxylic acids is 1. The molecule has 0 spiro atoms. The van der Waals surface area contributed by atoms with Gasteiger partial charge < -0.3 is 4.90 Å². The third-order valence-electron chi connectivity index (χ3n) is 3.46. The van der Waals surface area contributed by atoms with Gasteiger partial charge in [-0.3, -0.25) is 9.69 Å². The van der Waals surface area contributed by atoms with E-state index in [9.17, 15) is 4.79 Å². The van der Waals surface area contributed by atoms with E-state index in [4.69, 9.17) is 0 Å². The molecule has 80 valence electrons. The van der Waals surface area contributed by atoms with E-state index in [-0.39, 0.29) is 0 Å². The summed E-state index contributed by atoms with van der Waals surface area (Å²) >= 11 is 0. The van der Waals surface area contributed by atoms with Gasteiger partial charge in [0.05, 0.1) is 6.54 Å². The average Bonchev–Trinajstić information content (AvgIpc) is 2.94. The summed E-state index contributed by atoms with van der Waals surface area (Å²) in [5.41, 5.74) is 0. The summed E-state index contributed by atoms with van der Waals surface area (Å²) in [4.78, 5) is 16.3. The summed E-state index contributed by atoms with van der Waals surface area (Å²) < 4.78 is 0. The van der Waals surface area contributed by atoms with Crippen molar-refractivity contribution in [3.05, 3.63) is 0 Å². The highest BCUT2D eigenvalue weighted by Gasteiger charge is 2.31. The van der Waals surface area contributed by atoms with Gasteiger partial charge in [-0.1, -0.05) is 0 Å². The van der Waals surface area contributed by atoms with Crippen molar-refractivity contribution in [2.45, 2.75) is 25.8 Å². The first kappa shape index (κ1) is 10.1. The molecule has 2 aliphatic rings. The second-order valence-electron chi connectivity index (χ2n) is 4.81. The summed E-state index contributed by atoms with van der Waals surface area (Å²) in [7, 11) is 2.16. The van der Waals surface area contributed by atoms with Crippen LogP contribution in [-0.2, 0) is 4.79 Å². The number of Topliss-reactive ketones (excluding diaryl/α,β-unsaturated/α-hetero) is 1. The van der Waals surface area contributed by atoms with Gasteiger partial charge in [0.15, 0.2) is 0 Å². The first-order valence-electron chi connectivity index (χ1n) is 5.62. The summed E-state index contributed by atoms with van der Waals surface area (Å²) in [6, 6.07) is 0.593. The zero-order valence-electron chi connectivity index (χ0n) is 9.20. The van der Waals surface area contributed by atoms with Crippen LogP contribution in [0.3, 0.4) is 0 Å². The van der Waals surface area contributed by atoms with Crippen molar-refractivity contribution in [3.63, 3.8) is 0 Å². The van der Waals surface area contributed by atoms with Crippen LogP contribution in [0.25, 0.3) is 0 Å². The molecule has 1 heterocycles.